The summed E-state index contributed by atoms with van der Waals surface area (Å²) in [5, 5.41) is 13.2. The normalized spacial score (nSPS) is 11.2. The zero-order valence-corrected chi connectivity index (χ0v) is 12.7. The predicted molar refractivity (Wildman–Crippen MR) is 81.8 cm³/mol. The molecule has 0 amide bonds. The standard InChI is InChI=1S/C14H18N4OS/c1-4-8-19-13-7-5-6-12(9-13)10-15-18-11(2)16-17-14(18)20-3/h5-7,9-10H,4,8H2,1-3H3/b15-10-. The maximum Gasteiger partial charge on any atom is 0.211 e. The van der Waals surface area contributed by atoms with Gasteiger partial charge in [-0.3, -0.25) is 0 Å². The molecule has 1 aromatic carbocycles. The fraction of sp³-hybridized carbons (Fsp3) is 0.357. The minimum atomic E-state index is 0.724. The van der Waals surface area contributed by atoms with Crippen molar-refractivity contribution in [3.63, 3.8) is 0 Å². The molecule has 0 bridgehead atoms. The fourth-order valence-corrected chi connectivity index (χ4v) is 2.10. The van der Waals surface area contributed by atoms with E-state index in [2.05, 4.69) is 22.2 Å². The van der Waals surface area contributed by atoms with E-state index in [0.29, 0.717) is 0 Å². The average Bonchev–Trinajstić information content (AvgIpc) is 2.83. The number of rotatable bonds is 6. The van der Waals surface area contributed by atoms with E-state index >= 15 is 0 Å². The van der Waals surface area contributed by atoms with Crippen LogP contribution in [0.2, 0.25) is 0 Å². The number of aryl methyl sites for hydroxylation is 1. The van der Waals surface area contributed by atoms with Gasteiger partial charge in [-0.2, -0.15) is 9.78 Å². The molecular weight excluding hydrogens is 272 g/mol. The third kappa shape index (κ3) is 3.60. The van der Waals surface area contributed by atoms with Crippen LogP contribution < -0.4 is 4.74 Å². The smallest absolute Gasteiger partial charge is 0.211 e. The van der Waals surface area contributed by atoms with Gasteiger partial charge in [0.15, 0.2) is 5.82 Å². The van der Waals surface area contributed by atoms with Gasteiger partial charge in [0.25, 0.3) is 0 Å². The van der Waals surface area contributed by atoms with Gasteiger partial charge in [0.05, 0.1) is 12.8 Å². The monoisotopic (exact) mass is 290 g/mol. The molecule has 0 aliphatic carbocycles. The Bertz CT molecular complexity index is 595. The lowest BCUT2D eigenvalue weighted by Crippen LogP contribution is -1.97. The van der Waals surface area contributed by atoms with Crippen LogP contribution in [0, 0.1) is 6.92 Å². The molecule has 0 atom stereocenters. The van der Waals surface area contributed by atoms with Gasteiger partial charge < -0.3 is 4.74 Å². The molecule has 0 fully saturated rings. The number of nitrogens with zero attached hydrogens (tertiary/aromatic N) is 4. The van der Waals surface area contributed by atoms with E-state index in [0.717, 1.165) is 35.3 Å². The Morgan fingerprint density at radius 1 is 1.40 bits per heavy atom. The highest BCUT2D eigenvalue weighted by atomic mass is 32.2. The molecule has 1 aromatic heterocycles. The molecule has 0 saturated heterocycles. The second kappa shape index (κ2) is 7.09. The van der Waals surface area contributed by atoms with E-state index in [-0.39, 0.29) is 0 Å². The van der Waals surface area contributed by atoms with Gasteiger partial charge in [0.1, 0.15) is 5.75 Å². The summed E-state index contributed by atoms with van der Waals surface area (Å²) in [5.41, 5.74) is 0.985. The summed E-state index contributed by atoms with van der Waals surface area (Å²) < 4.78 is 7.33. The molecule has 20 heavy (non-hydrogen) atoms. The molecule has 5 nitrogen and oxygen atoms in total. The first kappa shape index (κ1) is 14.6. The molecule has 106 valence electrons. The molecule has 0 aliphatic heterocycles. The average molecular weight is 290 g/mol. The zero-order chi connectivity index (χ0) is 14.4. The predicted octanol–water partition coefficient (Wildman–Crippen LogP) is 2.98. The first-order valence-electron chi connectivity index (χ1n) is 6.47. The summed E-state index contributed by atoms with van der Waals surface area (Å²) in [7, 11) is 0. The highest BCUT2D eigenvalue weighted by Gasteiger charge is 2.05. The van der Waals surface area contributed by atoms with Gasteiger partial charge in [-0.05, 0) is 37.3 Å². The Balaban J connectivity index is 2.16. The summed E-state index contributed by atoms with van der Waals surface area (Å²) in [6.45, 7) is 4.69. The maximum absolute atomic E-state index is 5.60. The van der Waals surface area contributed by atoms with Crippen molar-refractivity contribution < 1.29 is 4.74 Å². The van der Waals surface area contributed by atoms with Crippen molar-refractivity contribution in [2.45, 2.75) is 25.4 Å². The Morgan fingerprint density at radius 3 is 3.00 bits per heavy atom. The summed E-state index contributed by atoms with van der Waals surface area (Å²) in [6, 6.07) is 7.86. The Hall–Kier alpha value is -1.82. The maximum atomic E-state index is 5.60. The largest absolute Gasteiger partial charge is 0.494 e. The van der Waals surface area contributed by atoms with Crippen LogP contribution in [0.3, 0.4) is 0 Å². The molecule has 0 N–H and O–H groups in total. The Labute approximate surface area is 123 Å². The van der Waals surface area contributed by atoms with E-state index in [1.165, 1.54) is 11.8 Å². The van der Waals surface area contributed by atoms with Gasteiger partial charge in [0, 0.05) is 0 Å². The molecule has 2 aromatic rings. The van der Waals surface area contributed by atoms with Crippen LogP contribution in [-0.2, 0) is 0 Å². The number of thioether (sulfide) groups is 1. The van der Waals surface area contributed by atoms with E-state index < -0.39 is 0 Å². The van der Waals surface area contributed by atoms with Crippen LogP contribution in [0.5, 0.6) is 5.75 Å². The minimum absolute atomic E-state index is 0.724. The number of hydrogen-bond donors (Lipinski definition) is 0. The summed E-state index contributed by atoms with van der Waals surface area (Å²) in [4.78, 5) is 0. The molecule has 0 radical (unpaired) electrons. The third-order valence-corrected chi connectivity index (χ3v) is 3.22. The van der Waals surface area contributed by atoms with Crippen LogP contribution in [0.1, 0.15) is 24.7 Å². The second-order valence-electron chi connectivity index (χ2n) is 4.21. The number of aromatic nitrogens is 3. The van der Waals surface area contributed by atoms with Crippen LogP contribution in [0.25, 0.3) is 0 Å². The van der Waals surface area contributed by atoms with E-state index in [1.807, 2.05) is 37.4 Å². The van der Waals surface area contributed by atoms with Gasteiger partial charge in [-0.1, -0.05) is 30.8 Å². The third-order valence-electron chi connectivity index (χ3n) is 2.60. The van der Waals surface area contributed by atoms with Crippen molar-refractivity contribution in [1.82, 2.24) is 14.9 Å². The fourth-order valence-electron chi connectivity index (χ4n) is 1.63. The van der Waals surface area contributed by atoms with Crippen molar-refractivity contribution in [2.75, 3.05) is 12.9 Å². The topological polar surface area (TPSA) is 52.3 Å². The number of benzene rings is 1. The van der Waals surface area contributed by atoms with Crippen LogP contribution in [0.4, 0.5) is 0 Å². The first-order chi connectivity index (χ1) is 9.74. The van der Waals surface area contributed by atoms with Gasteiger partial charge in [0.2, 0.25) is 5.16 Å². The van der Waals surface area contributed by atoms with E-state index in [9.17, 15) is 0 Å². The van der Waals surface area contributed by atoms with Gasteiger partial charge >= 0.3 is 0 Å². The summed E-state index contributed by atoms with van der Waals surface area (Å²) in [5.74, 6) is 1.63. The molecule has 0 saturated carbocycles. The van der Waals surface area contributed by atoms with Crippen molar-refractivity contribution >= 4 is 18.0 Å². The van der Waals surface area contributed by atoms with Crippen LogP contribution in [-0.4, -0.2) is 34.0 Å². The molecular formula is C14H18N4OS. The zero-order valence-electron chi connectivity index (χ0n) is 11.9. The van der Waals surface area contributed by atoms with Crippen LogP contribution in [0.15, 0.2) is 34.5 Å². The summed E-state index contributed by atoms with van der Waals surface area (Å²) in [6.07, 6.45) is 4.73. The van der Waals surface area contributed by atoms with Crippen molar-refractivity contribution in [3.05, 3.63) is 35.7 Å². The van der Waals surface area contributed by atoms with Gasteiger partial charge in [-0.25, -0.2) is 0 Å². The summed E-state index contributed by atoms with van der Waals surface area (Å²) >= 11 is 1.52. The molecule has 0 spiro atoms. The van der Waals surface area contributed by atoms with E-state index in [1.54, 1.807) is 10.9 Å². The number of ether oxygens (including phenoxy) is 1. The highest BCUT2D eigenvalue weighted by molar-refractivity contribution is 7.98. The molecule has 2 rings (SSSR count). The SMILES string of the molecule is CCCOc1cccc(/C=N\n2c(C)nnc2SC)c1. The molecule has 0 aliphatic rings. The first-order valence-corrected chi connectivity index (χ1v) is 7.70. The second-order valence-corrected chi connectivity index (χ2v) is 4.98. The van der Waals surface area contributed by atoms with Gasteiger partial charge in [-0.15, -0.1) is 10.2 Å². The lowest BCUT2D eigenvalue weighted by atomic mass is 10.2. The molecule has 6 heteroatoms. The molecule has 0 unspecified atom stereocenters. The quantitative estimate of drug-likeness (QED) is 0.606. The van der Waals surface area contributed by atoms with Crippen LogP contribution >= 0.6 is 11.8 Å². The Morgan fingerprint density at radius 2 is 2.25 bits per heavy atom. The van der Waals surface area contributed by atoms with Crippen molar-refractivity contribution in [3.8, 4) is 5.75 Å². The van der Waals surface area contributed by atoms with E-state index in [4.69, 9.17) is 4.74 Å². The number of hydrogen-bond acceptors (Lipinski definition) is 5. The van der Waals surface area contributed by atoms with Crippen molar-refractivity contribution in [1.29, 1.82) is 0 Å². The lowest BCUT2D eigenvalue weighted by Gasteiger charge is -2.04. The lowest BCUT2D eigenvalue weighted by molar-refractivity contribution is 0.317. The highest BCUT2D eigenvalue weighted by Crippen LogP contribution is 2.14. The van der Waals surface area contributed by atoms with Crippen molar-refractivity contribution in [2.24, 2.45) is 5.10 Å². The Kier molecular flexibility index (Phi) is 5.17. The minimum Gasteiger partial charge on any atom is -0.494 e. The molecule has 1 heterocycles.